The zero-order valence-corrected chi connectivity index (χ0v) is 15.8. The Bertz CT molecular complexity index is 508. The van der Waals surface area contributed by atoms with Crippen LogP contribution in [0.4, 0.5) is 11.4 Å². The smallest absolute Gasteiger partial charge is 0.0398 e. The lowest BCUT2D eigenvalue weighted by Gasteiger charge is -2.26. The van der Waals surface area contributed by atoms with Gasteiger partial charge in [-0.25, -0.2) is 0 Å². The first kappa shape index (κ1) is 17.6. The van der Waals surface area contributed by atoms with Crippen molar-refractivity contribution in [3.63, 3.8) is 0 Å². The minimum absolute atomic E-state index is 1.17. The molecule has 24 heavy (non-hydrogen) atoms. The zero-order valence-electron chi connectivity index (χ0n) is 15.8. The molecule has 1 saturated heterocycles. The van der Waals surface area contributed by atoms with Crippen LogP contribution < -0.4 is 9.80 Å². The standard InChI is InChI=1S/C21H35N3/c1-22(20-10-11-21-19(18-20)12-17-23(21)2)13-6-3-4-7-14-24-15-8-5-9-16-24/h10-11,18H,3-9,12-17H2,1-2H3. The molecule has 3 nitrogen and oxygen atoms in total. The van der Waals surface area contributed by atoms with Gasteiger partial charge in [0.25, 0.3) is 0 Å². The molecule has 0 amide bonds. The molecule has 134 valence electrons. The molecule has 3 rings (SSSR count). The van der Waals surface area contributed by atoms with Crippen LogP contribution in [0.3, 0.4) is 0 Å². The Hall–Kier alpha value is -1.22. The highest BCUT2D eigenvalue weighted by atomic mass is 15.1. The quantitative estimate of drug-likeness (QED) is 0.663. The molecule has 1 aromatic rings. The summed E-state index contributed by atoms with van der Waals surface area (Å²) < 4.78 is 0. The number of hydrogen-bond acceptors (Lipinski definition) is 3. The first-order chi connectivity index (χ1) is 11.7. The number of likely N-dealkylation sites (tertiary alicyclic amines) is 1. The molecule has 1 fully saturated rings. The lowest BCUT2D eigenvalue weighted by molar-refractivity contribution is 0.224. The minimum atomic E-state index is 1.17. The lowest BCUT2D eigenvalue weighted by Crippen LogP contribution is -2.30. The molecule has 2 aliphatic rings. The maximum atomic E-state index is 2.66. The van der Waals surface area contributed by atoms with Crippen molar-refractivity contribution in [2.45, 2.75) is 51.4 Å². The normalized spacial score (nSPS) is 18.0. The van der Waals surface area contributed by atoms with E-state index in [0.717, 1.165) is 0 Å². The number of likely N-dealkylation sites (N-methyl/N-ethyl adjacent to an activating group) is 1. The highest BCUT2D eigenvalue weighted by molar-refractivity contribution is 5.64. The first-order valence-electron chi connectivity index (χ1n) is 10.0. The molecule has 3 heteroatoms. The van der Waals surface area contributed by atoms with E-state index < -0.39 is 0 Å². The molecule has 0 atom stereocenters. The number of anilines is 2. The van der Waals surface area contributed by atoms with Gasteiger partial charge in [-0.2, -0.15) is 0 Å². The molecular weight excluding hydrogens is 294 g/mol. The topological polar surface area (TPSA) is 9.72 Å². The number of unbranched alkanes of at least 4 members (excludes halogenated alkanes) is 3. The van der Waals surface area contributed by atoms with Gasteiger partial charge in [0, 0.05) is 38.6 Å². The molecule has 0 spiro atoms. The third-order valence-electron chi connectivity index (χ3n) is 5.80. The van der Waals surface area contributed by atoms with Crippen LogP contribution >= 0.6 is 0 Å². The molecule has 2 heterocycles. The van der Waals surface area contributed by atoms with Crippen LogP contribution in [0.2, 0.25) is 0 Å². The molecule has 0 aromatic heterocycles. The highest BCUT2D eigenvalue weighted by Gasteiger charge is 2.16. The summed E-state index contributed by atoms with van der Waals surface area (Å²) in [6.07, 6.45) is 10.9. The Labute approximate surface area is 148 Å². The second-order valence-electron chi connectivity index (χ2n) is 7.72. The van der Waals surface area contributed by atoms with E-state index in [-0.39, 0.29) is 0 Å². The van der Waals surface area contributed by atoms with E-state index in [0.29, 0.717) is 0 Å². The number of benzene rings is 1. The van der Waals surface area contributed by atoms with Gasteiger partial charge in [0.1, 0.15) is 0 Å². The zero-order chi connectivity index (χ0) is 16.8. The highest BCUT2D eigenvalue weighted by Crippen LogP contribution is 2.30. The maximum Gasteiger partial charge on any atom is 0.0398 e. The van der Waals surface area contributed by atoms with E-state index >= 15 is 0 Å². The van der Waals surface area contributed by atoms with E-state index in [9.17, 15) is 0 Å². The lowest BCUT2D eigenvalue weighted by atomic mass is 10.1. The number of nitrogens with zero attached hydrogens (tertiary/aromatic N) is 3. The van der Waals surface area contributed by atoms with E-state index in [1.165, 1.54) is 101 Å². The van der Waals surface area contributed by atoms with Gasteiger partial charge in [-0.15, -0.1) is 0 Å². The summed E-state index contributed by atoms with van der Waals surface area (Å²) in [6, 6.07) is 6.99. The Balaban J connectivity index is 1.32. The molecule has 0 bridgehead atoms. The van der Waals surface area contributed by atoms with Crippen molar-refractivity contribution in [1.29, 1.82) is 0 Å². The third kappa shape index (κ3) is 4.66. The van der Waals surface area contributed by atoms with Gasteiger partial charge in [-0.1, -0.05) is 19.3 Å². The average Bonchev–Trinajstić information content (AvgIpc) is 2.99. The van der Waals surface area contributed by atoms with Gasteiger partial charge in [0.2, 0.25) is 0 Å². The predicted octanol–water partition coefficient (Wildman–Crippen LogP) is 4.16. The second-order valence-corrected chi connectivity index (χ2v) is 7.72. The number of fused-ring (bicyclic) bond motifs is 1. The van der Waals surface area contributed by atoms with Gasteiger partial charge < -0.3 is 14.7 Å². The van der Waals surface area contributed by atoms with Crippen LogP contribution in [-0.4, -0.2) is 51.7 Å². The number of piperidine rings is 1. The Morgan fingerprint density at radius 3 is 2.58 bits per heavy atom. The van der Waals surface area contributed by atoms with Crippen LogP contribution in [0.1, 0.15) is 50.5 Å². The van der Waals surface area contributed by atoms with Crippen molar-refractivity contribution in [3.8, 4) is 0 Å². The third-order valence-corrected chi connectivity index (χ3v) is 5.80. The average molecular weight is 330 g/mol. The Morgan fingerprint density at radius 2 is 1.75 bits per heavy atom. The van der Waals surface area contributed by atoms with Gasteiger partial charge in [0.05, 0.1) is 0 Å². The van der Waals surface area contributed by atoms with Crippen molar-refractivity contribution < 1.29 is 0 Å². The summed E-state index contributed by atoms with van der Waals surface area (Å²) in [6.45, 7) is 6.36. The summed E-state index contributed by atoms with van der Waals surface area (Å²) in [5.74, 6) is 0. The van der Waals surface area contributed by atoms with Crippen molar-refractivity contribution in [2.24, 2.45) is 0 Å². The summed E-state index contributed by atoms with van der Waals surface area (Å²) in [7, 11) is 4.44. The minimum Gasteiger partial charge on any atom is -0.375 e. The number of hydrogen-bond donors (Lipinski definition) is 0. The second kappa shape index (κ2) is 8.75. The Morgan fingerprint density at radius 1 is 0.958 bits per heavy atom. The summed E-state index contributed by atoms with van der Waals surface area (Å²) in [5.41, 5.74) is 4.32. The predicted molar refractivity (Wildman–Crippen MR) is 105 cm³/mol. The van der Waals surface area contributed by atoms with Crippen LogP contribution in [0.5, 0.6) is 0 Å². The van der Waals surface area contributed by atoms with Gasteiger partial charge in [0.15, 0.2) is 0 Å². The number of rotatable bonds is 8. The monoisotopic (exact) mass is 329 g/mol. The van der Waals surface area contributed by atoms with E-state index in [2.05, 4.69) is 47.0 Å². The van der Waals surface area contributed by atoms with E-state index in [1.807, 2.05) is 0 Å². The SMILES string of the molecule is CN(CCCCCCN1CCCCC1)c1ccc2c(c1)CCN2C. The van der Waals surface area contributed by atoms with Crippen molar-refractivity contribution in [1.82, 2.24) is 4.90 Å². The van der Waals surface area contributed by atoms with Crippen LogP contribution in [0.25, 0.3) is 0 Å². The molecule has 1 aromatic carbocycles. The summed E-state index contributed by atoms with van der Waals surface area (Å²) in [5, 5.41) is 0. The fourth-order valence-corrected chi connectivity index (χ4v) is 4.14. The molecule has 0 N–H and O–H groups in total. The van der Waals surface area contributed by atoms with Crippen molar-refractivity contribution in [2.75, 3.05) is 56.6 Å². The molecule has 0 aliphatic carbocycles. The molecule has 0 radical (unpaired) electrons. The fraction of sp³-hybridized carbons (Fsp3) is 0.714. The van der Waals surface area contributed by atoms with E-state index in [4.69, 9.17) is 0 Å². The van der Waals surface area contributed by atoms with E-state index in [1.54, 1.807) is 0 Å². The van der Waals surface area contributed by atoms with Crippen LogP contribution in [0.15, 0.2) is 18.2 Å². The summed E-state index contributed by atoms with van der Waals surface area (Å²) in [4.78, 5) is 7.46. The fourth-order valence-electron chi connectivity index (χ4n) is 4.14. The van der Waals surface area contributed by atoms with Crippen LogP contribution in [0, 0.1) is 0 Å². The molecule has 2 aliphatic heterocycles. The van der Waals surface area contributed by atoms with Crippen LogP contribution in [-0.2, 0) is 6.42 Å². The molecular formula is C21H35N3. The van der Waals surface area contributed by atoms with Gasteiger partial charge in [-0.05, 0) is 75.5 Å². The van der Waals surface area contributed by atoms with Gasteiger partial charge in [-0.3, -0.25) is 0 Å². The molecule has 0 saturated carbocycles. The van der Waals surface area contributed by atoms with Crippen molar-refractivity contribution in [3.05, 3.63) is 23.8 Å². The molecule has 0 unspecified atom stereocenters. The van der Waals surface area contributed by atoms with Crippen molar-refractivity contribution >= 4 is 11.4 Å². The first-order valence-corrected chi connectivity index (χ1v) is 10.0. The van der Waals surface area contributed by atoms with Gasteiger partial charge >= 0.3 is 0 Å². The Kier molecular flexibility index (Phi) is 6.42. The maximum absolute atomic E-state index is 2.66. The summed E-state index contributed by atoms with van der Waals surface area (Å²) >= 11 is 0. The largest absolute Gasteiger partial charge is 0.375 e.